The molecule has 2 atom stereocenters. The van der Waals surface area contributed by atoms with Gasteiger partial charge >= 0.3 is 0 Å². The normalized spacial score (nSPS) is 23.7. The van der Waals surface area contributed by atoms with Crippen molar-refractivity contribution in [2.75, 3.05) is 11.9 Å². The van der Waals surface area contributed by atoms with Crippen LogP contribution in [0.5, 0.6) is 0 Å². The molecule has 2 unspecified atom stereocenters. The molecule has 0 bridgehead atoms. The summed E-state index contributed by atoms with van der Waals surface area (Å²) < 4.78 is 1.79. The number of aryl methyl sites for hydroxylation is 1. The van der Waals surface area contributed by atoms with Crippen LogP contribution in [-0.2, 0) is 0 Å². The van der Waals surface area contributed by atoms with Gasteiger partial charge in [0.05, 0.1) is 6.10 Å². The standard InChI is InChI=1S/C13H18N4O/c1-9-3-2-6-17-12(9)15-13(16-17)14-8-10-4-5-11(18)7-10/h2-3,6,10-11,18H,4-5,7-8H2,1H3,(H,14,16). The number of hydrogen-bond donors (Lipinski definition) is 2. The number of aromatic nitrogens is 3. The lowest BCUT2D eigenvalue weighted by molar-refractivity contribution is 0.178. The van der Waals surface area contributed by atoms with Gasteiger partial charge in [0.2, 0.25) is 5.95 Å². The Labute approximate surface area is 106 Å². The average Bonchev–Trinajstić information content (AvgIpc) is 2.93. The fourth-order valence-corrected chi connectivity index (χ4v) is 2.58. The summed E-state index contributed by atoms with van der Waals surface area (Å²) in [6.45, 7) is 2.87. The Hall–Kier alpha value is -1.62. The van der Waals surface area contributed by atoms with Gasteiger partial charge in [-0.25, -0.2) is 4.52 Å². The first-order valence-corrected chi connectivity index (χ1v) is 6.46. The van der Waals surface area contributed by atoms with Gasteiger partial charge in [0.25, 0.3) is 0 Å². The van der Waals surface area contributed by atoms with Crippen molar-refractivity contribution in [3.8, 4) is 0 Å². The van der Waals surface area contributed by atoms with Gasteiger partial charge in [-0.2, -0.15) is 4.98 Å². The molecule has 2 heterocycles. The van der Waals surface area contributed by atoms with Crippen LogP contribution in [0.1, 0.15) is 24.8 Å². The van der Waals surface area contributed by atoms with Gasteiger partial charge in [0.1, 0.15) is 0 Å². The summed E-state index contributed by atoms with van der Waals surface area (Å²) in [6, 6.07) is 4.00. The lowest BCUT2D eigenvalue weighted by Crippen LogP contribution is -2.13. The summed E-state index contributed by atoms with van der Waals surface area (Å²) in [5.41, 5.74) is 2.01. The van der Waals surface area contributed by atoms with E-state index in [4.69, 9.17) is 0 Å². The fourth-order valence-electron chi connectivity index (χ4n) is 2.58. The molecule has 3 rings (SSSR count). The van der Waals surface area contributed by atoms with E-state index in [1.807, 2.05) is 25.3 Å². The van der Waals surface area contributed by atoms with Crippen molar-refractivity contribution >= 4 is 11.6 Å². The van der Waals surface area contributed by atoms with Crippen molar-refractivity contribution in [3.63, 3.8) is 0 Å². The zero-order valence-electron chi connectivity index (χ0n) is 10.5. The molecule has 2 aromatic heterocycles. The number of hydrogen-bond acceptors (Lipinski definition) is 4. The Morgan fingerprint density at radius 2 is 2.39 bits per heavy atom. The van der Waals surface area contributed by atoms with Gasteiger partial charge in [-0.05, 0) is 43.7 Å². The zero-order chi connectivity index (χ0) is 12.5. The molecule has 0 aromatic carbocycles. The SMILES string of the molecule is Cc1cccn2nc(NCC3CCC(O)C3)nc12. The fraction of sp³-hybridized carbons (Fsp3) is 0.538. The van der Waals surface area contributed by atoms with E-state index >= 15 is 0 Å². The lowest BCUT2D eigenvalue weighted by atomic mass is 10.1. The van der Waals surface area contributed by atoms with Crippen LogP contribution in [0, 0.1) is 12.8 Å². The monoisotopic (exact) mass is 246 g/mol. The summed E-state index contributed by atoms with van der Waals surface area (Å²) in [5, 5.41) is 17.1. The van der Waals surface area contributed by atoms with Crippen LogP contribution >= 0.6 is 0 Å². The summed E-state index contributed by atoms with van der Waals surface area (Å²) >= 11 is 0. The second-order valence-corrected chi connectivity index (χ2v) is 5.11. The maximum Gasteiger partial charge on any atom is 0.243 e. The first-order chi connectivity index (χ1) is 8.72. The maximum absolute atomic E-state index is 9.48. The predicted octanol–water partition coefficient (Wildman–Crippen LogP) is 1.61. The second kappa shape index (κ2) is 4.57. The molecule has 0 radical (unpaired) electrons. The molecule has 96 valence electrons. The van der Waals surface area contributed by atoms with E-state index in [0.29, 0.717) is 11.9 Å². The highest BCUT2D eigenvalue weighted by molar-refractivity contribution is 5.49. The highest BCUT2D eigenvalue weighted by Gasteiger charge is 2.22. The Morgan fingerprint density at radius 1 is 1.50 bits per heavy atom. The third-order valence-corrected chi connectivity index (χ3v) is 3.62. The number of fused-ring (bicyclic) bond motifs is 1. The average molecular weight is 246 g/mol. The van der Waals surface area contributed by atoms with Gasteiger partial charge in [-0.3, -0.25) is 0 Å². The third-order valence-electron chi connectivity index (χ3n) is 3.62. The molecule has 18 heavy (non-hydrogen) atoms. The molecule has 2 aromatic rings. The Morgan fingerprint density at radius 3 is 3.11 bits per heavy atom. The molecule has 0 saturated heterocycles. The highest BCUT2D eigenvalue weighted by atomic mass is 16.3. The minimum absolute atomic E-state index is 0.118. The van der Waals surface area contributed by atoms with Crippen LogP contribution < -0.4 is 5.32 Å². The molecule has 0 aliphatic heterocycles. The van der Waals surface area contributed by atoms with Crippen LogP contribution in [0.2, 0.25) is 0 Å². The Balaban J connectivity index is 1.69. The first kappa shape index (κ1) is 11.5. The van der Waals surface area contributed by atoms with E-state index in [-0.39, 0.29) is 6.10 Å². The molecule has 1 aliphatic rings. The molecule has 2 N–H and O–H groups in total. The van der Waals surface area contributed by atoms with Crippen LogP contribution in [-0.4, -0.2) is 32.4 Å². The third kappa shape index (κ3) is 2.18. The minimum Gasteiger partial charge on any atom is -0.393 e. The number of aliphatic hydroxyl groups excluding tert-OH is 1. The van der Waals surface area contributed by atoms with Gasteiger partial charge in [0.15, 0.2) is 5.65 Å². The Kier molecular flexibility index (Phi) is 2.91. The van der Waals surface area contributed by atoms with Gasteiger partial charge in [0, 0.05) is 12.7 Å². The molecule has 5 heteroatoms. The summed E-state index contributed by atoms with van der Waals surface area (Å²) in [5.74, 6) is 1.21. The predicted molar refractivity (Wildman–Crippen MR) is 69.6 cm³/mol. The first-order valence-electron chi connectivity index (χ1n) is 6.46. The van der Waals surface area contributed by atoms with Crippen molar-refractivity contribution in [1.29, 1.82) is 0 Å². The van der Waals surface area contributed by atoms with E-state index < -0.39 is 0 Å². The van der Waals surface area contributed by atoms with Crippen LogP contribution in [0.25, 0.3) is 5.65 Å². The zero-order valence-corrected chi connectivity index (χ0v) is 10.5. The van der Waals surface area contributed by atoms with Crippen molar-refractivity contribution in [2.45, 2.75) is 32.3 Å². The smallest absolute Gasteiger partial charge is 0.243 e. The van der Waals surface area contributed by atoms with E-state index in [0.717, 1.165) is 37.0 Å². The summed E-state index contributed by atoms with van der Waals surface area (Å²) in [6.07, 6.45) is 4.68. The number of anilines is 1. The second-order valence-electron chi connectivity index (χ2n) is 5.11. The number of rotatable bonds is 3. The number of nitrogens with zero attached hydrogens (tertiary/aromatic N) is 3. The molecular weight excluding hydrogens is 228 g/mol. The van der Waals surface area contributed by atoms with Gasteiger partial charge in [-0.1, -0.05) is 6.07 Å². The molecule has 1 fully saturated rings. The number of aliphatic hydroxyl groups is 1. The van der Waals surface area contributed by atoms with E-state index in [2.05, 4.69) is 15.4 Å². The van der Waals surface area contributed by atoms with Crippen LogP contribution in [0.4, 0.5) is 5.95 Å². The molecule has 5 nitrogen and oxygen atoms in total. The lowest BCUT2D eigenvalue weighted by Gasteiger charge is -2.08. The van der Waals surface area contributed by atoms with E-state index in [9.17, 15) is 5.11 Å². The maximum atomic E-state index is 9.48. The molecule has 1 saturated carbocycles. The van der Waals surface area contributed by atoms with Crippen molar-refractivity contribution in [3.05, 3.63) is 23.9 Å². The van der Waals surface area contributed by atoms with Crippen LogP contribution in [0.15, 0.2) is 18.3 Å². The summed E-state index contributed by atoms with van der Waals surface area (Å²) in [7, 11) is 0. The van der Waals surface area contributed by atoms with E-state index in [1.165, 1.54) is 0 Å². The van der Waals surface area contributed by atoms with E-state index in [1.54, 1.807) is 4.52 Å². The topological polar surface area (TPSA) is 62.5 Å². The molecule has 0 spiro atoms. The summed E-state index contributed by atoms with van der Waals surface area (Å²) in [4.78, 5) is 4.47. The number of nitrogens with one attached hydrogen (secondary N) is 1. The largest absolute Gasteiger partial charge is 0.393 e. The van der Waals surface area contributed by atoms with Crippen molar-refractivity contribution < 1.29 is 5.11 Å². The quantitative estimate of drug-likeness (QED) is 0.863. The Bertz CT molecular complexity index is 551. The van der Waals surface area contributed by atoms with Crippen LogP contribution in [0.3, 0.4) is 0 Å². The van der Waals surface area contributed by atoms with Crippen molar-refractivity contribution in [2.24, 2.45) is 5.92 Å². The molecule has 1 aliphatic carbocycles. The van der Waals surface area contributed by atoms with Gasteiger partial charge < -0.3 is 10.4 Å². The highest BCUT2D eigenvalue weighted by Crippen LogP contribution is 2.25. The molecular formula is C13H18N4O. The van der Waals surface area contributed by atoms with Gasteiger partial charge in [-0.15, -0.1) is 5.10 Å². The minimum atomic E-state index is -0.118. The molecule has 0 amide bonds. The van der Waals surface area contributed by atoms with Crippen molar-refractivity contribution in [1.82, 2.24) is 14.6 Å². The number of pyridine rings is 1.